The molecule has 1 heterocycles. The maximum atomic E-state index is 9.15. The Labute approximate surface area is 138 Å². The summed E-state index contributed by atoms with van der Waals surface area (Å²) in [6.07, 6.45) is 1.15. The third kappa shape index (κ3) is 6.28. The standard InChI is InChI=1S/C18H24N4O/c19-8-4-5-17(15-20)16-22-11-9-21(10-12-22)13-14-23-18-6-2-1-3-7-18/h1-3,6-7,17H,4-5,9-14,16H2/t17-/m0/s1. The lowest BCUT2D eigenvalue weighted by atomic mass is 10.0. The third-order valence-electron chi connectivity index (χ3n) is 4.15. The second-order valence-electron chi connectivity index (χ2n) is 5.83. The van der Waals surface area contributed by atoms with Crippen LogP contribution in [0.15, 0.2) is 30.3 Å². The lowest BCUT2D eigenvalue weighted by molar-refractivity contribution is 0.110. The first-order valence-corrected chi connectivity index (χ1v) is 8.21. The second-order valence-corrected chi connectivity index (χ2v) is 5.83. The summed E-state index contributed by atoms with van der Waals surface area (Å²) in [7, 11) is 0. The molecule has 1 aliphatic rings. The largest absolute Gasteiger partial charge is 0.492 e. The molecule has 0 unspecified atom stereocenters. The van der Waals surface area contributed by atoms with Crippen LogP contribution in [0.2, 0.25) is 0 Å². The number of hydrogen-bond acceptors (Lipinski definition) is 5. The van der Waals surface area contributed by atoms with Crippen LogP contribution < -0.4 is 4.74 Å². The van der Waals surface area contributed by atoms with E-state index in [2.05, 4.69) is 21.9 Å². The summed E-state index contributed by atoms with van der Waals surface area (Å²) < 4.78 is 5.73. The minimum atomic E-state index is -0.0254. The number of ether oxygens (including phenoxy) is 1. The van der Waals surface area contributed by atoms with Gasteiger partial charge in [0.25, 0.3) is 0 Å². The van der Waals surface area contributed by atoms with Gasteiger partial charge >= 0.3 is 0 Å². The van der Waals surface area contributed by atoms with Crippen molar-refractivity contribution in [2.45, 2.75) is 12.8 Å². The summed E-state index contributed by atoms with van der Waals surface area (Å²) >= 11 is 0. The molecule has 0 spiro atoms. The van der Waals surface area contributed by atoms with E-state index in [4.69, 9.17) is 15.3 Å². The molecule has 0 N–H and O–H groups in total. The van der Waals surface area contributed by atoms with Crippen LogP contribution >= 0.6 is 0 Å². The fraction of sp³-hybridized carbons (Fsp3) is 0.556. The predicted molar refractivity (Wildman–Crippen MR) is 88.8 cm³/mol. The van der Waals surface area contributed by atoms with Crippen LogP contribution in [-0.4, -0.2) is 55.7 Å². The Morgan fingerprint density at radius 2 is 1.74 bits per heavy atom. The van der Waals surface area contributed by atoms with Crippen molar-refractivity contribution in [2.24, 2.45) is 5.92 Å². The zero-order chi connectivity index (χ0) is 16.3. The zero-order valence-corrected chi connectivity index (χ0v) is 13.5. The summed E-state index contributed by atoms with van der Waals surface area (Å²) in [5.74, 6) is 0.892. The molecule has 23 heavy (non-hydrogen) atoms. The van der Waals surface area contributed by atoms with Crippen LogP contribution in [0.25, 0.3) is 0 Å². The molecule has 1 fully saturated rings. The van der Waals surface area contributed by atoms with Gasteiger partial charge in [-0.2, -0.15) is 10.5 Å². The molecule has 0 saturated carbocycles. The van der Waals surface area contributed by atoms with Crippen LogP contribution in [0.5, 0.6) is 5.75 Å². The second kappa shape index (κ2) is 9.84. The normalized spacial score (nSPS) is 17.1. The smallest absolute Gasteiger partial charge is 0.119 e. The molecule has 5 heteroatoms. The first kappa shape index (κ1) is 17.3. The lowest BCUT2D eigenvalue weighted by Gasteiger charge is -2.35. The van der Waals surface area contributed by atoms with E-state index < -0.39 is 0 Å². The highest BCUT2D eigenvalue weighted by molar-refractivity contribution is 5.20. The predicted octanol–water partition coefficient (Wildman–Crippen LogP) is 2.13. The lowest BCUT2D eigenvalue weighted by Crippen LogP contribution is -2.48. The van der Waals surface area contributed by atoms with Crippen molar-refractivity contribution in [1.29, 1.82) is 10.5 Å². The number of piperazine rings is 1. The molecule has 5 nitrogen and oxygen atoms in total. The van der Waals surface area contributed by atoms with Gasteiger partial charge in [-0.05, 0) is 18.6 Å². The fourth-order valence-electron chi connectivity index (χ4n) is 2.75. The van der Waals surface area contributed by atoms with Gasteiger partial charge in [-0.3, -0.25) is 9.80 Å². The van der Waals surface area contributed by atoms with E-state index in [1.54, 1.807) is 0 Å². The average molecular weight is 312 g/mol. The van der Waals surface area contributed by atoms with E-state index in [1.807, 2.05) is 30.3 Å². The summed E-state index contributed by atoms with van der Waals surface area (Å²) in [4.78, 5) is 4.73. The van der Waals surface area contributed by atoms with Crippen molar-refractivity contribution in [1.82, 2.24) is 9.80 Å². The Bertz CT molecular complexity index is 526. The molecule has 0 amide bonds. The molecule has 1 aromatic rings. The van der Waals surface area contributed by atoms with Gasteiger partial charge in [0.05, 0.1) is 18.1 Å². The molecule has 122 valence electrons. The van der Waals surface area contributed by atoms with Crippen LogP contribution in [-0.2, 0) is 0 Å². The van der Waals surface area contributed by atoms with Gasteiger partial charge in [0, 0.05) is 45.7 Å². The Kier molecular flexibility index (Phi) is 7.39. The SMILES string of the molecule is N#CCC[C@@H](C#N)CN1CCN(CCOc2ccccc2)CC1. The van der Waals surface area contributed by atoms with Gasteiger partial charge in [-0.25, -0.2) is 0 Å². The topological polar surface area (TPSA) is 63.3 Å². The zero-order valence-electron chi connectivity index (χ0n) is 13.5. The van der Waals surface area contributed by atoms with Gasteiger partial charge in [0.1, 0.15) is 12.4 Å². The number of hydrogen-bond donors (Lipinski definition) is 0. The van der Waals surface area contributed by atoms with Gasteiger partial charge in [0.15, 0.2) is 0 Å². The number of rotatable bonds is 8. The van der Waals surface area contributed by atoms with Crippen molar-refractivity contribution < 1.29 is 4.74 Å². The fourth-order valence-corrected chi connectivity index (χ4v) is 2.75. The van der Waals surface area contributed by atoms with Crippen molar-refractivity contribution >= 4 is 0 Å². The molecule has 0 radical (unpaired) electrons. The maximum Gasteiger partial charge on any atom is 0.119 e. The number of nitriles is 2. The number of para-hydroxylation sites is 1. The molecule has 0 aromatic heterocycles. The molecule has 0 aliphatic carbocycles. The highest BCUT2D eigenvalue weighted by Gasteiger charge is 2.19. The minimum Gasteiger partial charge on any atom is -0.492 e. The molecule has 1 saturated heterocycles. The first-order chi connectivity index (χ1) is 11.3. The molecular weight excluding hydrogens is 288 g/mol. The Hall–Kier alpha value is -2.08. The van der Waals surface area contributed by atoms with Crippen LogP contribution in [0.3, 0.4) is 0 Å². The van der Waals surface area contributed by atoms with Crippen molar-refractivity contribution in [3.8, 4) is 17.9 Å². The van der Waals surface area contributed by atoms with E-state index in [9.17, 15) is 0 Å². The number of benzene rings is 1. The van der Waals surface area contributed by atoms with E-state index in [0.717, 1.165) is 45.0 Å². The van der Waals surface area contributed by atoms with Gasteiger partial charge in [-0.15, -0.1) is 0 Å². The van der Waals surface area contributed by atoms with E-state index >= 15 is 0 Å². The van der Waals surface area contributed by atoms with E-state index in [0.29, 0.717) is 19.4 Å². The molecule has 1 atom stereocenters. The molecular formula is C18H24N4O. The van der Waals surface area contributed by atoms with Crippen molar-refractivity contribution in [2.75, 3.05) is 45.9 Å². The van der Waals surface area contributed by atoms with Gasteiger partial charge < -0.3 is 4.74 Å². The summed E-state index contributed by atoms with van der Waals surface area (Å²) in [5.41, 5.74) is 0. The quantitative estimate of drug-likeness (QED) is 0.736. The van der Waals surface area contributed by atoms with Crippen molar-refractivity contribution in [3.63, 3.8) is 0 Å². The molecule has 1 aliphatic heterocycles. The summed E-state index contributed by atoms with van der Waals surface area (Å²) in [6.45, 7) is 6.40. The first-order valence-electron chi connectivity index (χ1n) is 8.21. The molecule has 2 rings (SSSR count). The Balaban J connectivity index is 1.62. The Morgan fingerprint density at radius 1 is 1.04 bits per heavy atom. The van der Waals surface area contributed by atoms with E-state index in [1.165, 1.54) is 0 Å². The minimum absolute atomic E-state index is 0.0254. The highest BCUT2D eigenvalue weighted by Crippen LogP contribution is 2.11. The number of nitrogens with zero attached hydrogens (tertiary/aromatic N) is 4. The monoisotopic (exact) mass is 312 g/mol. The van der Waals surface area contributed by atoms with Crippen LogP contribution in [0.4, 0.5) is 0 Å². The molecule has 0 bridgehead atoms. The third-order valence-corrected chi connectivity index (χ3v) is 4.15. The van der Waals surface area contributed by atoms with Crippen LogP contribution in [0.1, 0.15) is 12.8 Å². The molecule has 1 aromatic carbocycles. The van der Waals surface area contributed by atoms with E-state index in [-0.39, 0.29) is 5.92 Å². The van der Waals surface area contributed by atoms with Gasteiger partial charge in [0.2, 0.25) is 0 Å². The maximum absolute atomic E-state index is 9.15. The average Bonchev–Trinajstić information content (AvgIpc) is 2.61. The van der Waals surface area contributed by atoms with Crippen molar-refractivity contribution in [3.05, 3.63) is 30.3 Å². The Morgan fingerprint density at radius 3 is 2.39 bits per heavy atom. The summed E-state index contributed by atoms with van der Waals surface area (Å²) in [6, 6.07) is 14.3. The van der Waals surface area contributed by atoms with Gasteiger partial charge in [-0.1, -0.05) is 18.2 Å². The van der Waals surface area contributed by atoms with Crippen LogP contribution in [0, 0.1) is 28.6 Å². The summed E-state index contributed by atoms with van der Waals surface area (Å²) in [5, 5.41) is 17.8. The highest BCUT2D eigenvalue weighted by atomic mass is 16.5.